The fourth-order valence-corrected chi connectivity index (χ4v) is 6.05. The lowest BCUT2D eigenvalue weighted by Crippen LogP contribution is -2.48. The Labute approximate surface area is 186 Å². The second kappa shape index (κ2) is 9.06. The van der Waals surface area contributed by atoms with Crippen LogP contribution >= 0.6 is 11.3 Å². The molecule has 1 aliphatic heterocycles. The number of methoxy groups -OCH3 is 1. The summed E-state index contributed by atoms with van der Waals surface area (Å²) in [6.07, 6.45) is 0.680. The zero-order valence-corrected chi connectivity index (χ0v) is 18.7. The molecule has 3 aromatic rings. The molecule has 4 rings (SSSR count). The van der Waals surface area contributed by atoms with Crippen LogP contribution in [-0.4, -0.2) is 51.0 Å². The van der Waals surface area contributed by atoms with Crippen molar-refractivity contribution in [1.82, 2.24) is 9.29 Å². The van der Waals surface area contributed by atoms with E-state index in [2.05, 4.69) is 4.90 Å². The van der Waals surface area contributed by atoms with Crippen LogP contribution in [0.15, 0.2) is 58.8 Å². The number of benzene rings is 2. The van der Waals surface area contributed by atoms with Gasteiger partial charge < -0.3 is 9.64 Å². The lowest BCUT2D eigenvalue weighted by atomic mass is 10.1. The summed E-state index contributed by atoms with van der Waals surface area (Å²) >= 11 is 1.56. The highest BCUT2D eigenvalue weighted by Gasteiger charge is 2.31. The van der Waals surface area contributed by atoms with Crippen molar-refractivity contribution in [1.29, 1.82) is 5.26 Å². The van der Waals surface area contributed by atoms with Crippen LogP contribution in [0, 0.1) is 11.3 Å². The van der Waals surface area contributed by atoms with Crippen molar-refractivity contribution >= 4 is 26.5 Å². The van der Waals surface area contributed by atoms with Crippen molar-refractivity contribution in [3.8, 4) is 11.8 Å². The van der Waals surface area contributed by atoms with Crippen molar-refractivity contribution in [2.24, 2.45) is 0 Å². The highest BCUT2D eigenvalue weighted by Crippen LogP contribution is 2.27. The van der Waals surface area contributed by atoms with Crippen molar-refractivity contribution in [3.05, 3.63) is 70.7 Å². The van der Waals surface area contributed by atoms with Crippen molar-refractivity contribution in [2.45, 2.75) is 11.3 Å². The van der Waals surface area contributed by atoms with Crippen LogP contribution in [0.2, 0.25) is 0 Å². The molecule has 1 fully saturated rings. The van der Waals surface area contributed by atoms with Gasteiger partial charge >= 0.3 is 0 Å². The van der Waals surface area contributed by atoms with Crippen molar-refractivity contribution < 1.29 is 13.2 Å². The number of aromatic nitrogens is 1. The second-order valence-electron chi connectivity index (χ2n) is 7.11. The van der Waals surface area contributed by atoms with E-state index in [1.165, 1.54) is 16.4 Å². The quantitative estimate of drug-likeness (QED) is 0.569. The summed E-state index contributed by atoms with van der Waals surface area (Å²) in [6, 6.07) is 16.2. The largest absolute Gasteiger partial charge is 0.496 e. The first-order valence-electron chi connectivity index (χ1n) is 9.83. The first-order chi connectivity index (χ1) is 15.0. The minimum Gasteiger partial charge on any atom is -0.496 e. The van der Waals surface area contributed by atoms with Crippen LogP contribution in [0.3, 0.4) is 0 Å². The Balaban J connectivity index is 1.43. The van der Waals surface area contributed by atoms with Gasteiger partial charge in [-0.25, -0.2) is 13.4 Å². The van der Waals surface area contributed by atoms with Gasteiger partial charge in [-0.1, -0.05) is 30.3 Å². The maximum absolute atomic E-state index is 13.0. The molecule has 0 aliphatic carbocycles. The normalized spacial score (nSPS) is 14.9. The Hall–Kier alpha value is -2.93. The Morgan fingerprint density at radius 3 is 2.55 bits per heavy atom. The predicted molar refractivity (Wildman–Crippen MR) is 120 cm³/mol. The van der Waals surface area contributed by atoms with Crippen LogP contribution in [0.4, 0.5) is 5.13 Å². The lowest BCUT2D eigenvalue weighted by molar-refractivity contribution is 0.384. The van der Waals surface area contributed by atoms with Crippen LogP contribution in [-0.2, 0) is 16.4 Å². The standard InChI is InChI=1S/C22H22N4O3S2/c1-29-20-8-4-2-6-17(20)14-19-16-30-22(24-19)25-10-12-26(13-11-25)31(27,28)21-9-5-3-7-18(21)15-23/h2-9,16H,10-14H2,1H3. The van der Waals surface area contributed by atoms with Gasteiger partial charge in [0.2, 0.25) is 10.0 Å². The summed E-state index contributed by atoms with van der Waals surface area (Å²) in [4.78, 5) is 6.93. The number of anilines is 1. The molecule has 0 bridgehead atoms. The first-order valence-corrected chi connectivity index (χ1v) is 12.2. The maximum atomic E-state index is 13.0. The minimum absolute atomic E-state index is 0.0688. The number of hydrogen-bond acceptors (Lipinski definition) is 7. The molecular weight excluding hydrogens is 432 g/mol. The zero-order valence-electron chi connectivity index (χ0n) is 17.1. The Kier molecular flexibility index (Phi) is 6.23. The summed E-state index contributed by atoms with van der Waals surface area (Å²) < 4.78 is 32.9. The lowest BCUT2D eigenvalue weighted by Gasteiger charge is -2.33. The molecule has 2 heterocycles. The zero-order chi connectivity index (χ0) is 21.8. The number of nitriles is 1. The van der Waals surface area contributed by atoms with E-state index < -0.39 is 10.0 Å². The van der Waals surface area contributed by atoms with E-state index in [0.29, 0.717) is 32.6 Å². The van der Waals surface area contributed by atoms with Crippen molar-refractivity contribution in [2.75, 3.05) is 38.2 Å². The van der Waals surface area contributed by atoms with Gasteiger partial charge in [-0.2, -0.15) is 9.57 Å². The number of para-hydroxylation sites is 1. The number of sulfonamides is 1. The third-order valence-corrected chi connectivity index (χ3v) is 8.15. The van der Waals surface area contributed by atoms with Gasteiger partial charge in [0.15, 0.2) is 5.13 Å². The molecule has 0 radical (unpaired) electrons. The van der Waals surface area contributed by atoms with Gasteiger partial charge in [0, 0.05) is 43.5 Å². The van der Waals surface area contributed by atoms with E-state index in [1.807, 2.05) is 35.7 Å². The third kappa shape index (κ3) is 4.42. The number of ether oxygens (including phenoxy) is 1. The Morgan fingerprint density at radius 1 is 1.10 bits per heavy atom. The van der Waals surface area contributed by atoms with E-state index in [0.717, 1.165) is 22.1 Å². The minimum atomic E-state index is -3.70. The SMILES string of the molecule is COc1ccccc1Cc1csc(N2CCN(S(=O)(=O)c3ccccc3C#N)CC2)n1. The fourth-order valence-electron chi connectivity index (χ4n) is 3.61. The monoisotopic (exact) mass is 454 g/mol. The summed E-state index contributed by atoms with van der Waals surface area (Å²) in [7, 11) is -2.04. The fraction of sp³-hybridized carbons (Fsp3) is 0.273. The highest BCUT2D eigenvalue weighted by atomic mass is 32.2. The van der Waals surface area contributed by atoms with Gasteiger partial charge in [-0.15, -0.1) is 11.3 Å². The molecule has 0 spiro atoms. The highest BCUT2D eigenvalue weighted by molar-refractivity contribution is 7.89. The van der Waals surface area contributed by atoms with Crippen LogP contribution in [0.5, 0.6) is 5.75 Å². The van der Waals surface area contributed by atoms with E-state index >= 15 is 0 Å². The average Bonchev–Trinajstić information content (AvgIpc) is 3.28. The van der Waals surface area contributed by atoms with Crippen molar-refractivity contribution in [3.63, 3.8) is 0 Å². The van der Waals surface area contributed by atoms with Gasteiger partial charge in [0.1, 0.15) is 11.8 Å². The number of piperazine rings is 1. The molecule has 0 unspecified atom stereocenters. The molecule has 7 nitrogen and oxygen atoms in total. The van der Waals surface area contributed by atoms with Gasteiger partial charge in [0.25, 0.3) is 0 Å². The van der Waals surface area contributed by atoms with Crippen LogP contribution in [0.25, 0.3) is 0 Å². The average molecular weight is 455 g/mol. The van der Waals surface area contributed by atoms with E-state index in [4.69, 9.17) is 9.72 Å². The summed E-state index contributed by atoms with van der Waals surface area (Å²) in [6.45, 7) is 1.80. The van der Waals surface area contributed by atoms with Gasteiger partial charge in [-0.3, -0.25) is 0 Å². The molecule has 0 N–H and O–H groups in total. The molecule has 9 heteroatoms. The Morgan fingerprint density at radius 2 is 1.81 bits per heavy atom. The maximum Gasteiger partial charge on any atom is 0.244 e. The third-order valence-electron chi connectivity index (χ3n) is 5.24. The molecule has 1 aliphatic rings. The van der Waals surface area contributed by atoms with E-state index in [9.17, 15) is 13.7 Å². The van der Waals surface area contributed by atoms with Crippen LogP contribution in [0.1, 0.15) is 16.8 Å². The molecule has 0 saturated carbocycles. The van der Waals surface area contributed by atoms with Crippen LogP contribution < -0.4 is 9.64 Å². The molecule has 160 valence electrons. The number of hydrogen-bond donors (Lipinski definition) is 0. The molecule has 1 aromatic heterocycles. The number of nitrogens with zero attached hydrogens (tertiary/aromatic N) is 4. The summed E-state index contributed by atoms with van der Waals surface area (Å²) in [5, 5.41) is 12.2. The smallest absolute Gasteiger partial charge is 0.244 e. The molecule has 2 aromatic carbocycles. The number of rotatable bonds is 6. The topological polar surface area (TPSA) is 86.5 Å². The molecule has 31 heavy (non-hydrogen) atoms. The molecular formula is C22H22N4O3S2. The summed E-state index contributed by atoms with van der Waals surface area (Å²) in [5.41, 5.74) is 2.21. The molecule has 0 atom stereocenters. The van der Waals surface area contributed by atoms with E-state index in [1.54, 1.807) is 30.6 Å². The second-order valence-corrected chi connectivity index (χ2v) is 9.85. The number of thiazole rings is 1. The van der Waals surface area contributed by atoms with Gasteiger partial charge in [-0.05, 0) is 18.2 Å². The molecule has 1 saturated heterocycles. The molecule has 0 amide bonds. The first kappa shape index (κ1) is 21.3. The van der Waals surface area contributed by atoms with E-state index in [-0.39, 0.29) is 10.5 Å². The van der Waals surface area contributed by atoms with Gasteiger partial charge in [0.05, 0.1) is 23.3 Å². The summed E-state index contributed by atoms with van der Waals surface area (Å²) in [5.74, 6) is 0.841. The Bertz CT molecular complexity index is 1210. The predicted octanol–water partition coefficient (Wildman–Crippen LogP) is 3.13.